The van der Waals surface area contributed by atoms with Crippen LogP contribution in [0.3, 0.4) is 0 Å². The molecule has 4 heteroatoms. The summed E-state index contributed by atoms with van der Waals surface area (Å²) in [4.78, 5) is 4.11. The molecule has 1 N–H and O–H groups in total. The van der Waals surface area contributed by atoms with E-state index in [-0.39, 0.29) is 5.15 Å². The minimum atomic E-state index is 0.286. The smallest absolute Gasteiger partial charge is 0.146 e. The van der Waals surface area contributed by atoms with E-state index < -0.39 is 0 Å². The first-order valence-electron chi connectivity index (χ1n) is 6.29. The van der Waals surface area contributed by atoms with Gasteiger partial charge >= 0.3 is 0 Å². The Bertz CT molecular complexity index is 544. The number of nitriles is 1. The highest BCUT2D eigenvalue weighted by atomic mass is 35.5. The Balaban J connectivity index is 1.99. The van der Waals surface area contributed by atoms with E-state index in [4.69, 9.17) is 16.9 Å². The maximum absolute atomic E-state index is 9.02. The van der Waals surface area contributed by atoms with Gasteiger partial charge in [0.1, 0.15) is 11.2 Å². The first-order valence-corrected chi connectivity index (χ1v) is 6.67. The van der Waals surface area contributed by atoms with Gasteiger partial charge in [-0.3, -0.25) is 0 Å². The fourth-order valence-electron chi connectivity index (χ4n) is 2.99. The molecule has 3 nitrogen and oxygen atoms in total. The van der Waals surface area contributed by atoms with Crippen LogP contribution in [0.25, 0.3) is 5.57 Å². The lowest BCUT2D eigenvalue weighted by molar-refractivity contribution is 0.470. The molecule has 1 aliphatic carbocycles. The average molecular weight is 260 g/mol. The van der Waals surface area contributed by atoms with Gasteiger partial charge in [0.2, 0.25) is 0 Å². The lowest BCUT2D eigenvalue weighted by atomic mass is 9.82. The van der Waals surface area contributed by atoms with E-state index in [1.54, 1.807) is 6.20 Å². The SMILES string of the molecule is N#Cc1cc(C2=CCCC3CCNC23)cnc1Cl. The Morgan fingerprint density at radius 2 is 2.33 bits per heavy atom. The normalized spacial score (nSPS) is 26.3. The molecule has 0 amide bonds. The Morgan fingerprint density at radius 1 is 1.44 bits per heavy atom. The summed E-state index contributed by atoms with van der Waals surface area (Å²) in [5.74, 6) is 0.728. The molecular weight excluding hydrogens is 246 g/mol. The highest BCUT2D eigenvalue weighted by molar-refractivity contribution is 6.30. The van der Waals surface area contributed by atoms with Crippen molar-refractivity contribution in [2.75, 3.05) is 6.54 Å². The maximum Gasteiger partial charge on any atom is 0.146 e. The molecule has 0 radical (unpaired) electrons. The summed E-state index contributed by atoms with van der Waals surface area (Å²) in [5.41, 5.74) is 2.76. The summed E-state index contributed by atoms with van der Waals surface area (Å²) in [5, 5.41) is 12.9. The van der Waals surface area contributed by atoms with Crippen LogP contribution in [0.2, 0.25) is 5.15 Å². The number of nitrogens with zero attached hydrogens (tertiary/aromatic N) is 2. The summed E-state index contributed by atoms with van der Waals surface area (Å²) in [6.45, 7) is 1.08. The summed E-state index contributed by atoms with van der Waals surface area (Å²) >= 11 is 5.88. The van der Waals surface area contributed by atoms with Crippen molar-refractivity contribution in [2.24, 2.45) is 5.92 Å². The molecule has 0 aromatic carbocycles. The number of nitrogens with one attached hydrogen (secondary N) is 1. The van der Waals surface area contributed by atoms with Gasteiger partial charge < -0.3 is 5.32 Å². The molecule has 92 valence electrons. The predicted octanol–water partition coefficient (Wildman–Crippen LogP) is 2.76. The van der Waals surface area contributed by atoms with Crippen LogP contribution in [0.1, 0.15) is 30.4 Å². The van der Waals surface area contributed by atoms with Crippen molar-refractivity contribution in [1.82, 2.24) is 10.3 Å². The van der Waals surface area contributed by atoms with E-state index in [9.17, 15) is 0 Å². The second kappa shape index (κ2) is 4.72. The highest BCUT2D eigenvalue weighted by Gasteiger charge is 2.32. The number of fused-ring (bicyclic) bond motifs is 1. The van der Waals surface area contributed by atoms with Crippen molar-refractivity contribution in [3.8, 4) is 6.07 Å². The van der Waals surface area contributed by atoms with Crippen molar-refractivity contribution >= 4 is 17.2 Å². The molecule has 0 bridgehead atoms. The van der Waals surface area contributed by atoms with E-state index in [0.717, 1.165) is 24.4 Å². The molecule has 0 saturated carbocycles. The van der Waals surface area contributed by atoms with Crippen LogP contribution < -0.4 is 5.32 Å². The van der Waals surface area contributed by atoms with E-state index >= 15 is 0 Å². The topological polar surface area (TPSA) is 48.7 Å². The Hall–Kier alpha value is -1.37. The molecule has 2 heterocycles. The molecule has 1 saturated heterocycles. The average Bonchev–Trinajstić information content (AvgIpc) is 2.87. The van der Waals surface area contributed by atoms with Gasteiger partial charge in [0, 0.05) is 12.2 Å². The summed E-state index contributed by atoms with van der Waals surface area (Å²) in [6.07, 6.45) is 7.66. The quantitative estimate of drug-likeness (QED) is 0.789. The van der Waals surface area contributed by atoms with Crippen LogP contribution in [0.15, 0.2) is 18.3 Å². The molecule has 1 aromatic rings. The lowest BCUT2D eigenvalue weighted by Crippen LogP contribution is -2.30. The largest absolute Gasteiger partial charge is 0.310 e. The predicted molar refractivity (Wildman–Crippen MR) is 71.1 cm³/mol. The summed E-state index contributed by atoms with van der Waals surface area (Å²) in [6, 6.07) is 4.37. The number of rotatable bonds is 1. The van der Waals surface area contributed by atoms with E-state index in [2.05, 4.69) is 22.4 Å². The minimum Gasteiger partial charge on any atom is -0.310 e. The number of aromatic nitrogens is 1. The second-order valence-electron chi connectivity index (χ2n) is 4.89. The third-order valence-electron chi connectivity index (χ3n) is 3.88. The lowest BCUT2D eigenvalue weighted by Gasteiger charge is -2.27. The zero-order valence-corrected chi connectivity index (χ0v) is 10.7. The molecule has 1 aliphatic heterocycles. The molecule has 3 rings (SSSR count). The van der Waals surface area contributed by atoms with Crippen LogP contribution in [-0.4, -0.2) is 17.6 Å². The molecule has 1 aromatic heterocycles. The zero-order chi connectivity index (χ0) is 12.5. The van der Waals surface area contributed by atoms with Gasteiger partial charge in [-0.05, 0) is 48.9 Å². The molecule has 2 unspecified atom stereocenters. The Kier molecular flexibility index (Phi) is 3.07. The molecule has 2 aliphatic rings. The van der Waals surface area contributed by atoms with Crippen LogP contribution >= 0.6 is 11.6 Å². The minimum absolute atomic E-state index is 0.286. The molecule has 18 heavy (non-hydrogen) atoms. The van der Waals surface area contributed by atoms with E-state index in [1.807, 2.05) is 6.07 Å². The van der Waals surface area contributed by atoms with Crippen molar-refractivity contribution in [3.05, 3.63) is 34.6 Å². The van der Waals surface area contributed by atoms with Gasteiger partial charge in [-0.15, -0.1) is 0 Å². The third kappa shape index (κ3) is 1.92. The zero-order valence-electron chi connectivity index (χ0n) is 9.99. The Labute approximate surface area is 111 Å². The van der Waals surface area contributed by atoms with Crippen LogP contribution in [0, 0.1) is 17.2 Å². The van der Waals surface area contributed by atoms with Crippen molar-refractivity contribution in [3.63, 3.8) is 0 Å². The fraction of sp³-hybridized carbons (Fsp3) is 0.429. The van der Waals surface area contributed by atoms with Crippen LogP contribution in [0.5, 0.6) is 0 Å². The third-order valence-corrected chi connectivity index (χ3v) is 4.18. The number of hydrogen-bond acceptors (Lipinski definition) is 3. The van der Waals surface area contributed by atoms with Crippen molar-refractivity contribution in [1.29, 1.82) is 5.26 Å². The Morgan fingerprint density at radius 3 is 3.17 bits per heavy atom. The highest BCUT2D eigenvalue weighted by Crippen LogP contribution is 2.36. The van der Waals surface area contributed by atoms with Gasteiger partial charge in [0.05, 0.1) is 5.56 Å². The second-order valence-corrected chi connectivity index (χ2v) is 5.25. The monoisotopic (exact) mass is 259 g/mol. The van der Waals surface area contributed by atoms with Gasteiger partial charge in [0.25, 0.3) is 0 Å². The molecule has 2 atom stereocenters. The first kappa shape index (κ1) is 11.7. The van der Waals surface area contributed by atoms with Gasteiger partial charge in [-0.2, -0.15) is 5.26 Å². The van der Waals surface area contributed by atoms with Crippen molar-refractivity contribution in [2.45, 2.75) is 25.3 Å². The maximum atomic E-state index is 9.02. The van der Waals surface area contributed by atoms with Crippen LogP contribution in [-0.2, 0) is 0 Å². The molecular formula is C14H14ClN3. The van der Waals surface area contributed by atoms with Gasteiger partial charge in [-0.25, -0.2) is 4.98 Å². The van der Waals surface area contributed by atoms with E-state index in [0.29, 0.717) is 11.6 Å². The van der Waals surface area contributed by atoms with Gasteiger partial charge in [-0.1, -0.05) is 17.7 Å². The number of hydrogen-bond donors (Lipinski definition) is 1. The molecule has 0 spiro atoms. The summed E-state index contributed by atoms with van der Waals surface area (Å²) < 4.78 is 0. The first-order chi connectivity index (χ1) is 8.79. The number of halogens is 1. The number of allylic oxidation sites excluding steroid dienone is 1. The van der Waals surface area contributed by atoms with Gasteiger partial charge in [0.15, 0.2) is 0 Å². The van der Waals surface area contributed by atoms with Crippen LogP contribution in [0.4, 0.5) is 0 Å². The fourth-order valence-corrected chi connectivity index (χ4v) is 3.14. The summed E-state index contributed by atoms with van der Waals surface area (Å²) in [7, 11) is 0. The van der Waals surface area contributed by atoms with Crippen molar-refractivity contribution < 1.29 is 0 Å². The van der Waals surface area contributed by atoms with E-state index in [1.165, 1.54) is 18.4 Å². The number of pyridine rings is 1. The standard InChI is InChI=1S/C14H14ClN3/c15-14-10(7-16)6-11(8-18-14)12-3-1-2-9-4-5-17-13(9)12/h3,6,8-9,13,17H,1-2,4-5H2. The molecule has 1 fully saturated rings.